The fourth-order valence-corrected chi connectivity index (χ4v) is 2.15. The van der Waals surface area contributed by atoms with E-state index >= 15 is 0 Å². The zero-order valence-electron chi connectivity index (χ0n) is 13.4. The first-order valence-electron chi connectivity index (χ1n) is 7.41. The number of hydrogen-bond acceptors (Lipinski definition) is 6. The molecule has 0 aliphatic carbocycles. The van der Waals surface area contributed by atoms with E-state index in [4.69, 9.17) is 0 Å². The lowest BCUT2D eigenvalue weighted by atomic mass is 10.1. The van der Waals surface area contributed by atoms with Gasteiger partial charge in [-0.3, -0.25) is 24.9 Å². The molecule has 25 heavy (non-hydrogen) atoms. The number of rotatable bonds is 6. The Bertz CT molecular complexity index is 898. The Kier molecular flexibility index (Phi) is 4.50. The molecule has 2 aromatic heterocycles. The van der Waals surface area contributed by atoms with E-state index < -0.39 is 10.8 Å². The van der Waals surface area contributed by atoms with Crippen molar-refractivity contribution in [2.24, 2.45) is 0 Å². The van der Waals surface area contributed by atoms with Crippen molar-refractivity contribution in [3.63, 3.8) is 0 Å². The maximum absolute atomic E-state index is 11.9. The molecule has 0 spiro atoms. The van der Waals surface area contributed by atoms with Crippen LogP contribution in [-0.4, -0.2) is 35.4 Å². The predicted molar refractivity (Wildman–Crippen MR) is 87.8 cm³/mol. The Morgan fingerprint density at radius 2 is 2.04 bits per heavy atom. The van der Waals surface area contributed by atoms with Crippen LogP contribution in [-0.2, 0) is 17.9 Å². The van der Waals surface area contributed by atoms with E-state index in [1.165, 1.54) is 22.8 Å². The number of nitrogens with one attached hydrogen (secondary N) is 1. The molecule has 1 aromatic carbocycles. The van der Waals surface area contributed by atoms with Crippen molar-refractivity contribution in [2.75, 3.05) is 5.32 Å². The summed E-state index contributed by atoms with van der Waals surface area (Å²) in [6, 6.07) is 8.02. The maximum atomic E-state index is 11.9. The van der Waals surface area contributed by atoms with Crippen molar-refractivity contribution >= 4 is 17.5 Å². The van der Waals surface area contributed by atoms with Crippen molar-refractivity contribution < 1.29 is 9.72 Å². The number of amides is 1. The third-order valence-electron chi connectivity index (χ3n) is 3.39. The van der Waals surface area contributed by atoms with E-state index in [0.717, 1.165) is 11.8 Å². The fraction of sp³-hybridized carbons (Fsp3) is 0.200. The third-order valence-corrected chi connectivity index (χ3v) is 3.39. The lowest BCUT2D eigenvalue weighted by molar-refractivity contribution is -0.385. The molecule has 0 aliphatic rings. The number of anilines is 1. The summed E-state index contributed by atoms with van der Waals surface area (Å²) in [7, 11) is 0. The maximum Gasteiger partial charge on any atom is 0.307 e. The number of carbonyl (C=O) groups excluding carboxylic acids is 1. The number of aryl methyl sites for hydroxylation is 1. The van der Waals surface area contributed by atoms with Crippen LogP contribution in [0.2, 0.25) is 0 Å². The number of carbonyl (C=O) groups is 1. The molecular weight excluding hydrogens is 326 g/mol. The van der Waals surface area contributed by atoms with Crippen LogP contribution in [0.4, 0.5) is 11.6 Å². The summed E-state index contributed by atoms with van der Waals surface area (Å²) in [5.41, 5.74) is 2.07. The Hall–Kier alpha value is -3.56. The van der Waals surface area contributed by atoms with E-state index in [1.807, 2.05) is 31.2 Å². The highest BCUT2D eigenvalue weighted by Crippen LogP contribution is 2.08. The molecule has 1 N–H and O–H groups in total. The highest BCUT2D eigenvalue weighted by Gasteiger charge is 2.12. The molecule has 10 heteroatoms. The van der Waals surface area contributed by atoms with Crippen molar-refractivity contribution in [1.29, 1.82) is 0 Å². The van der Waals surface area contributed by atoms with Crippen LogP contribution >= 0.6 is 0 Å². The summed E-state index contributed by atoms with van der Waals surface area (Å²) in [6.45, 7) is 2.38. The summed E-state index contributed by atoms with van der Waals surface area (Å²) < 4.78 is 2.79. The number of nitrogens with zero attached hydrogens (tertiary/aromatic N) is 6. The highest BCUT2D eigenvalue weighted by molar-refractivity contribution is 5.88. The Morgan fingerprint density at radius 3 is 2.72 bits per heavy atom. The zero-order valence-corrected chi connectivity index (χ0v) is 13.4. The zero-order chi connectivity index (χ0) is 17.8. The van der Waals surface area contributed by atoms with Gasteiger partial charge >= 0.3 is 5.69 Å². The van der Waals surface area contributed by atoms with E-state index in [1.54, 1.807) is 4.68 Å². The molecule has 0 bridgehead atoms. The van der Waals surface area contributed by atoms with Gasteiger partial charge in [0, 0.05) is 0 Å². The van der Waals surface area contributed by atoms with Crippen LogP contribution in [0.25, 0.3) is 0 Å². The van der Waals surface area contributed by atoms with Gasteiger partial charge in [0.05, 0.1) is 11.5 Å². The van der Waals surface area contributed by atoms with Crippen LogP contribution in [0.3, 0.4) is 0 Å². The standard InChI is InChI=1S/C15H15N7O3/c1-11-2-4-12(5-3-11)7-21-10-16-15(19-21)18-14(23)9-20-8-13(6-17-20)22(24)25/h2-6,8,10H,7,9H2,1H3,(H,18,19,23). The monoisotopic (exact) mass is 341 g/mol. The van der Waals surface area contributed by atoms with Gasteiger partial charge in [0.15, 0.2) is 0 Å². The average molecular weight is 341 g/mol. The van der Waals surface area contributed by atoms with Crippen LogP contribution < -0.4 is 5.32 Å². The first-order chi connectivity index (χ1) is 12.0. The van der Waals surface area contributed by atoms with Gasteiger partial charge in [-0.2, -0.15) is 5.10 Å². The van der Waals surface area contributed by atoms with Gasteiger partial charge in [0.25, 0.3) is 0 Å². The molecule has 0 atom stereocenters. The SMILES string of the molecule is Cc1ccc(Cn2cnc(NC(=O)Cn3cc([N+](=O)[O-])cn3)n2)cc1. The molecule has 0 unspecified atom stereocenters. The van der Waals surface area contributed by atoms with E-state index in [9.17, 15) is 14.9 Å². The van der Waals surface area contributed by atoms with Gasteiger partial charge in [-0.1, -0.05) is 29.8 Å². The van der Waals surface area contributed by atoms with Gasteiger partial charge in [-0.05, 0) is 12.5 Å². The summed E-state index contributed by atoms with van der Waals surface area (Å²) in [4.78, 5) is 26.0. The minimum Gasteiger partial charge on any atom is -0.292 e. The molecule has 0 saturated heterocycles. The minimum absolute atomic E-state index is 0.166. The molecular formula is C15H15N7O3. The van der Waals surface area contributed by atoms with E-state index in [-0.39, 0.29) is 18.2 Å². The minimum atomic E-state index is -0.574. The van der Waals surface area contributed by atoms with Gasteiger partial charge in [-0.15, -0.1) is 5.10 Å². The molecule has 0 aliphatic heterocycles. The highest BCUT2D eigenvalue weighted by atomic mass is 16.6. The van der Waals surface area contributed by atoms with Crippen molar-refractivity contribution in [1.82, 2.24) is 24.5 Å². The molecule has 3 rings (SSSR count). The third kappa shape index (κ3) is 4.25. The van der Waals surface area contributed by atoms with Crippen LogP contribution in [0.15, 0.2) is 43.0 Å². The topological polar surface area (TPSA) is 121 Å². The molecule has 0 radical (unpaired) electrons. The van der Waals surface area contributed by atoms with E-state index in [0.29, 0.717) is 6.54 Å². The van der Waals surface area contributed by atoms with Gasteiger partial charge in [0.2, 0.25) is 11.9 Å². The number of aromatic nitrogens is 5. The van der Waals surface area contributed by atoms with Crippen molar-refractivity contribution in [3.8, 4) is 0 Å². The van der Waals surface area contributed by atoms with Crippen LogP contribution in [0.5, 0.6) is 0 Å². The number of benzene rings is 1. The lowest BCUT2D eigenvalue weighted by Crippen LogP contribution is -2.20. The fourth-order valence-electron chi connectivity index (χ4n) is 2.15. The van der Waals surface area contributed by atoms with E-state index in [2.05, 4.69) is 20.5 Å². The number of hydrogen-bond donors (Lipinski definition) is 1. The van der Waals surface area contributed by atoms with Gasteiger partial charge < -0.3 is 0 Å². The molecule has 1 amide bonds. The van der Waals surface area contributed by atoms with Crippen LogP contribution in [0, 0.1) is 17.0 Å². The van der Waals surface area contributed by atoms with Crippen molar-refractivity contribution in [2.45, 2.75) is 20.0 Å². The largest absolute Gasteiger partial charge is 0.307 e. The van der Waals surface area contributed by atoms with Gasteiger partial charge in [0.1, 0.15) is 25.3 Å². The second-order valence-electron chi connectivity index (χ2n) is 5.45. The average Bonchev–Trinajstić information content (AvgIpc) is 3.19. The van der Waals surface area contributed by atoms with Crippen LogP contribution in [0.1, 0.15) is 11.1 Å². The molecule has 10 nitrogen and oxygen atoms in total. The Balaban J connectivity index is 1.57. The molecule has 0 fully saturated rings. The summed E-state index contributed by atoms with van der Waals surface area (Å²) in [5, 5.41) is 21.1. The number of nitro groups is 1. The molecule has 128 valence electrons. The second-order valence-corrected chi connectivity index (χ2v) is 5.45. The predicted octanol–water partition coefficient (Wildman–Crippen LogP) is 1.38. The quantitative estimate of drug-likeness (QED) is 0.534. The second kappa shape index (κ2) is 6.91. The summed E-state index contributed by atoms with van der Waals surface area (Å²) >= 11 is 0. The van der Waals surface area contributed by atoms with Gasteiger partial charge in [-0.25, -0.2) is 9.67 Å². The summed E-state index contributed by atoms with van der Waals surface area (Å²) in [5.74, 6) is -0.259. The Morgan fingerprint density at radius 1 is 1.28 bits per heavy atom. The Labute approximate surface area is 142 Å². The first kappa shape index (κ1) is 16.3. The van der Waals surface area contributed by atoms with Crippen molar-refractivity contribution in [3.05, 3.63) is 64.2 Å². The normalized spacial score (nSPS) is 10.6. The smallest absolute Gasteiger partial charge is 0.292 e. The lowest BCUT2D eigenvalue weighted by Gasteiger charge is -2.02. The molecule has 0 saturated carbocycles. The summed E-state index contributed by atoms with van der Waals surface area (Å²) in [6.07, 6.45) is 3.79. The first-order valence-corrected chi connectivity index (χ1v) is 7.41. The molecule has 3 aromatic rings. The molecule has 2 heterocycles.